The third kappa shape index (κ3) is 4.75. The lowest BCUT2D eigenvalue weighted by Gasteiger charge is -2.08. The Morgan fingerprint density at radius 1 is 1.10 bits per heavy atom. The smallest absolute Gasteiger partial charge is 0.326 e. The van der Waals surface area contributed by atoms with Gasteiger partial charge in [-0.05, 0) is 22.6 Å². The van der Waals surface area contributed by atoms with Gasteiger partial charge in [0.2, 0.25) is 0 Å². The summed E-state index contributed by atoms with van der Waals surface area (Å²) in [4.78, 5) is 30.4. The lowest BCUT2D eigenvalue weighted by Crippen LogP contribution is -2.26. The zero-order valence-corrected chi connectivity index (χ0v) is 18.4. The minimum Gasteiger partial charge on any atom is -0.464 e. The number of benzene rings is 2. The molecular formula is C25H24N2O3S. The van der Waals surface area contributed by atoms with Crippen LogP contribution in [0.1, 0.15) is 30.9 Å². The van der Waals surface area contributed by atoms with Gasteiger partial charge in [0.15, 0.2) is 0 Å². The van der Waals surface area contributed by atoms with Crippen molar-refractivity contribution in [3.8, 4) is 11.1 Å². The molecule has 158 valence electrons. The van der Waals surface area contributed by atoms with Crippen LogP contribution in [0.25, 0.3) is 21.3 Å². The summed E-state index contributed by atoms with van der Waals surface area (Å²) in [5, 5.41) is 2.49. The van der Waals surface area contributed by atoms with Crippen molar-refractivity contribution in [3.63, 3.8) is 0 Å². The van der Waals surface area contributed by atoms with Gasteiger partial charge < -0.3 is 4.74 Å². The van der Waals surface area contributed by atoms with Crippen LogP contribution in [0.5, 0.6) is 0 Å². The van der Waals surface area contributed by atoms with Crippen molar-refractivity contribution in [1.82, 2.24) is 9.55 Å². The molecule has 31 heavy (non-hydrogen) atoms. The summed E-state index contributed by atoms with van der Waals surface area (Å²) in [6, 6.07) is 18.1. The Labute approximate surface area is 185 Å². The minimum absolute atomic E-state index is 0.155. The molecule has 0 radical (unpaired) electrons. The Kier molecular flexibility index (Phi) is 6.28. The number of fused-ring (bicyclic) bond motifs is 1. The number of carbonyl (C=O) groups excluding carboxylic acids is 1. The Balaban J connectivity index is 1.51. The molecule has 4 aromatic rings. The van der Waals surface area contributed by atoms with Gasteiger partial charge >= 0.3 is 5.97 Å². The Bertz CT molecular complexity index is 1240. The highest BCUT2D eigenvalue weighted by Gasteiger charge is 2.15. The first-order chi connectivity index (χ1) is 15.0. The van der Waals surface area contributed by atoms with Crippen LogP contribution in [0.15, 0.2) is 71.1 Å². The highest BCUT2D eigenvalue weighted by Crippen LogP contribution is 2.31. The lowest BCUT2D eigenvalue weighted by atomic mass is 9.99. The van der Waals surface area contributed by atoms with Crippen molar-refractivity contribution >= 4 is 27.5 Å². The van der Waals surface area contributed by atoms with Crippen molar-refractivity contribution in [1.29, 1.82) is 0 Å². The molecule has 5 nitrogen and oxygen atoms in total. The standard InChI is InChI=1S/C25H24N2O3S/c1-17(2)19-8-10-20(11-9-19)21-15-31-24-23(21)25(29)27(16-26-24)14-22(28)30-13-12-18-6-4-3-5-7-18/h3-11,15-17H,12-14H2,1-2H3. The molecule has 0 saturated heterocycles. The Hall–Kier alpha value is -3.25. The monoisotopic (exact) mass is 432 g/mol. The van der Waals surface area contributed by atoms with Gasteiger partial charge in [0, 0.05) is 17.4 Å². The van der Waals surface area contributed by atoms with E-state index in [9.17, 15) is 9.59 Å². The maximum atomic E-state index is 13.1. The molecule has 0 fully saturated rings. The fourth-order valence-electron chi connectivity index (χ4n) is 3.45. The fraction of sp³-hybridized carbons (Fsp3) is 0.240. The van der Waals surface area contributed by atoms with E-state index in [1.54, 1.807) is 0 Å². The topological polar surface area (TPSA) is 61.2 Å². The predicted octanol–water partition coefficient (Wildman–Crippen LogP) is 5.03. The number of esters is 1. The maximum Gasteiger partial charge on any atom is 0.326 e. The summed E-state index contributed by atoms with van der Waals surface area (Å²) < 4.78 is 6.65. The number of ether oxygens (including phenoxy) is 1. The number of thiophene rings is 1. The molecule has 0 aliphatic carbocycles. The second-order valence-corrected chi connectivity index (χ2v) is 8.60. The van der Waals surface area contributed by atoms with Gasteiger partial charge in [-0.2, -0.15) is 0 Å². The van der Waals surface area contributed by atoms with Gasteiger partial charge in [-0.3, -0.25) is 14.2 Å². The molecule has 2 heterocycles. The molecule has 0 saturated carbocycles. The van der Waals surface area contributed by atoms with Gasteiger partial charge in [0.1, 0.15) is 11.4 Å². The molecule has 2 aromatic heterocycles. The number of aromatic nitrogens is 2. The average Bonchev–Trinajstić information content (AvgIpc) is 3.21. The molecule has 2 aromatic carbocycles. The summed E-state index contributed by atoms with van der Waals surface area (Å²) in [7, 11) is 0. The van der Waals surface area contributed by atoms with E-state index in [4.69, 9.17) is 4.74 Å². The molecule has 0 unspecified atom stereocenters. The molecule has 0 amide bonds. The SMILES string of the molecule is CC(C)c1ccc(-c2csc3ncn(CC(=O)OCCc4ccccc4)c(=O)c23)cc1. The molecule has 0 spiro atoms. The molecule has 0 N–H and O–H groups in total. The van der Waals surface area contributed by atoms with Crippen molar-refractivity contribution < 1.29 is 9.53 Å². The molecule has 0 atom stereocenters. The van der Waals surface area contributed by atoms with E-state index in [1.165, 1.54) is 27.8 Å². The van der Waals surface area contributed by atoms with Crippen molar-refractivity contribution in [2.45, 2.75) is 32.7 Å². The number of carbonyl (C=O) groups is 1. The van der Waals surface area contributed by atoms with Crippen molar-refractivity contribution in [2.75, 3.05) is 6.61 Å². The number of hydrogen-bond acceptors (Lipinski definition) is 5. The van der Waals surface area contributed by atoms with Gasteiger partial charge in [0.25, 0.3) is 5.56 Å². The van der Waals surface area contributed by atoms with Gasteiger partial charge in [-0.1, -0.05) is 68.4 Å². The van der Waals surface area contributed by atoms with E-state index >= 15 is 0 Å². The van der Waals surface area contributed by atoms with Crippen LogP contribution >= 0.6 is 11.3 Å². The van der Waals surface area contributed by atoms with Crippen LogP contribution in [0.2, 0.25) is 0 Å². The van der Waals surface area contributed by atoms with Crippen molar-refractivity contribution in [3.05, 3.63) is 87.8 Å². The van der Waals surface area contributed by atoms with Gasteiger partial charge in [-0.25, -0.2) is 4.98 Å². The first-order valence-electron chi connectivity index (χ1n) is 10.3. The lowest BCUT2D eigenvalue weighted by molar-refractivity contribution is -0.144. The summed E-state index contributed by atoms with van der Waals surface area (Å²) >= 11 is 1.43. The fourth-order valence-corrected chi connectivity index (χ4v) is 4.36. The van der Waals surface area contributed by atoms with E-state index < -0.39 is 5.97 Å². The predicted molar refractivity (Wildman–Crippen MR) is 125 cm³/mol. The highest BCUT2D eigenvalue weighted by atomic mass is 32.1. The zero-order valence-electron chi connectivity index (χ0n) is 17.6. The third-order valence-electron chi connectivity index (χ3n) is 5.25. The first-order valence-corrected chi connectivity index (χ1v) is 11.2. The maximum absolute atomic E-state index is 13.1. The normalized spacial score (nSPS) is 11.2. The summed E-state index contributed by atoms with van der Waals surface area (Å²) in [5.41, 5.74) is 3.94. The van der Waals surface area contributed by atoms with Crippen molar-refractivity contribution in [2.24, 2.45) is 0 Å². The number of hydrogen-bond donors (Lipinski definition) is 0. The van der Waals surface area contributed by atoms with Gasteiger partial charge in [-0.15, -0.1) is 11.3 Å². The largest absolute Gasteiger partial charge is 0.464 e. The highest BCUT2D eigenvalue weighted by molar-refractivity contribution is 7.17. The molecule has 6 heteroatoms. The summed E-state index contributed by atoms with van der Waals surface area (Å²) in [6.45, 7) is 4.42. The first kappa shape index (κ1) is 21.0. The molecular weight excluding hydrogens is 408 g/mol. The van der Waals surface area contributed by atoms with Crippen LogP contribution in [0, 0.1) is 0 Å². The van der Waals surface area contributed by atoms with Crippen LogP contribution in [-0.4, -0.2) is 22.1 Å². The summed E-state index contributed by atoms with van der Waals surface area (Å²) in [5.74, 6) is -0.00249. The zero-order chi connectivity index (χ0) is 21.8. The molecule has 0 aliphatic rings. The van der Waals surface area contributed by atoms with E-state index in [2.05, 4.69) is 31.0 Å². The van der Waals surface area contributed by atoms with Crippen LogP contribution in [0.3, 0.4) is 0 Å². The average molecular weight is 433 g/mol. The Morgan fingerprint density at radius 3 is 2.55 bits per heavy atom. The van der Waals surface area contributed by atoms with Crippen LogP contribution in [0.4, 0.5) is 0 Å². The molecule has 0 bridgehead atoms. The van der Waals surface area contributed by atoms with Crippen LogP contribution < -0.4 is 5.56 Å². The quantitative estimate of drug-likeness (QED) is 0.384. The van der Waals surface area contributed by atoms with Gasteiger partial charge in [0.05, 0.1) is 18.3 Å². The third-order valence-corrected chi connectivity index (χ3v) is 6.13. The molecule has 0 aliphatic heterocycles. The number of rotatable bonds is 7. The van der Waals surface area contributed by atoms with E-state index in [-0.39, 0.29) is 18.7 Å². The number of nitrogens with zero attached hydrogens (tertiary/aromatic N) is 2. The van der Waals surface area contributed by atoms with E-state index in [0.717, 1.165) is 16.7 Å². The van der Waals surface area contributed by atoms with Crippen LogP contribution in [-0.2, 0) is 22.5 Å². The second-order valence-electron chi connectivity index (χ2n) is 7.74. The molecule has 4 rings (SSSR count). The van der Waals surface area contributed by atoms with E-state index in [0.29, 0.717) is 22.6 Å². The minimum atomic E-state index is -0.447. The Morgan fingerprint density at radius 2 is 1.84 bits per heavy atom. The summed E-state index contributed by atoms with van der Waals surface area (Å²) in [6.07, 6.45) is 2.06. The van der Waals surface area contributed by atoms with E-state index in [1.807, 2.05) is 47.8 Å². The second kappa shape index (κ2) is 9.27.